The monoisotopic (exact) mass is 261 g/mol. The molecular formula is C14H19N3S. The Balaban J connectivity index is 1.99. The third-order valence-corrected chi connectivity index (χ3v) is 4.36. The van der Waals surface area contributed by atoms with Crippen molar-refractivity contribution in [3.63, 3.8) is 0 Å². The van der Waals surface area contributed by atoms with Crippen LogP contribution in [0.25, 0.3) is 0 Å². The lowest BCUT2D eigenvalue weighted by Gasteiger charge is -2.08. The molecule has 0 aromatic carbocycles. The quantitative estimate of drug-likeness (QED) is 0.613. The Bertz CT molecular complexity index is 436. The van der Waals surface area contributed by atoms with Crippen LogP contribution >= 0.6 is 11.3 Å². The topological polar surface area (TPSA) is 49.0 Å². The molecular weight excluding hydrogens is 242 g/mol. The van der Waals surface area contributed by atoms with Crippen LogP contribution in [-0.2, 0) is 0 Å². The van der Waals surface area contributed by atoms with E-state index < -0.39 is 0 Å². The molecule has 4 heteroatoms. The van der Waals surface area contributed by atoms with E-state index in [1.807, 2.05) is 18.5 Å². The van der Waals surface area contributed by atoms with Gasteiger partial charge < -0.3 is 0 Å². The standard InChI is InChI=1S/C14H19N3S/c1-11-10-18-14(17-11)12(8-15)9-16-13-6-4-2-3-5-7-13/h9-10,12-13H,2-7H2,1H3/t12-/m0/s1. The number of nitrogens with zero attached hydrogens (tertiary/aromatic N) is 3. The molecule has 0 saturated heterocycles. The zero-order chi connectivity index (χ0) is 12.8. The van der Waals surface area contributed by atoms with E-state index in [4.69, 9.17) is 0 Å². The molecule has 1 heterocycles. The highest BCUT2D eigenvalue weighted by Gasteiger charge is 2.14. The second-order valence-electron chi connectivity index (χ2n) is 4.88. The molecule has 1 atom stereocenters. The molecule has 1 aliphatic carbocycles. The number of hydrogen-bond donors (Lipinski definition) is 0. The zero-order valence-corrected chi connectivity index (χ0v) is 11.6. The fourth-order valence-electron chi connectivity index (χ4n) is 2.28. The van der Waals surface area contributed by atoms with Gasteiger partial charge in [-0.2, -0.15) is 5.26 Å². The molecule has 18 heavy (non-hydrogen) atoms. The molecule has 0 aliphatic heterocycles. The van der Waals surface area contributed by atoms with E-state index in [1.165, 1.54) is 38.5 Å². The second-order valence-corrected chi connectivity index (χ2v) is 5.77. The van der Waals surface area contributed by atoms with Gasteiger partial charge in [0.15, 0.2) is 0 Å². The van der Waals surface area contributed by atoms with Crippen LogP contribution in [0.5, 0.6) is 0 Å². The number of nitriles is 1. The van der Waals surface area contributed by atoms with Gasteiger partial charge in [-0.15, -0.1) is 11.3 Å². The first-order chi connectivity index (χ1) is 8.79. The first-order valence-corrected chi connectivity index (χ1v) is 7.52. The van der Waals surface area contributed by atoms with Crippen molar-refractivity contribution in [2.45, 2.75) is 57.4 Å². The van der Waals surface area contributed by atoms with Gasteiger partial charge in [0.2, 0.25) is 0 Å². The number of aromatic nitrogens is 1. The maximum absolute atomic E-state index is 9.20. The molecule has 0 radical (unpaired) electrons. The van der Waals surface area contributed by atoms with Gasteiger partial charge in [0, 0.05) is 23.3 Å². The SMILES string of the molecule is Cc1csc([C@@H](C#N)C=NC2CCCCCC2)n1. The van der Waals surface area contributed by atoms with Crippen molar-refractivity contribution in [2.24, 2.45) is 4.99 Å². The van der Waals surface area contributed by atoms with Crippen molar-refractivity contribution in [1.82, 2.24) is 4.98 Å². The highest BCUT2D eigenvalue weighted by Crippen LogP contribution is 2.22. The lowest BCUT2D eigenvalue weighted by Crippen LogP contribution is -2.05. The molecule has 2 rings (SSSR count). The van der Waals surface area contributed by atoms with Crippen LogP contribution in [-0.4, -0.2) is 17.2 Å². The Kier molecular flexibility index (Phi) is 4.89. The van der Waals surface area contributed by atoms with Crippen LogP contribution < -0.4 is 0 Å². The maximum Gasteiger partial charge on any atom is 0.133 e. The van der Waals surface area contributed by atoms with Gasteiger partial charge in [0.1, 0.15) is 10.9 Å². The van der Waals surface area contributed by atoms with E-state index in [2.05, 4.69) is 16.0 Å². The minimum Gasteiger partial charge on any atom is -0.292 e. The lowest BCUT2D eigenvalue weighted by molar-refractivity contribution is 0.586. The summed E-state index contributed by atoms with van der Waals surface area (Å²) in [6.07, 6.45) is 9.37. The zero-order valence-electron chi connectivity index (χ0n) is 10.8. The molecule has 0 amide bonds. The van der Waals surface area contributed by atoms with Crippen LogP contribution in [0.15, 0.2) is 10.4 Å². The molecule has 3 nitrogen and oxygen atoms in total. The summed E-state index contributed by atoms with van der Waals surface area (Å²) in [5, 5.41) is 12.1. The maximum atomic E-state index is 9.20. The summed E-state index contributed by atoms with van der Waals surface area (Å²) in [7, 11) is 0. The Labute approximate surface area is 113 Å². The number of hydrogen-bond acceptors (Lipinski definition) is 4. The van der Waals surface area contributed by atoms with Crippen molar-refractivity contribution < 1.29 is 0 Å². The Hall–Kier alpha value is -1.21. The first kappa shape index (κ1) is 13.2. The average Bonchev–Trinajstić information content (AvgIpc) is 2.65. The Morgan fingerprint density at radius 3 is 2.72 bits per heavy atom. The molecule has 0 spiro atoms. The third-order valence-electron chi connectivity index (χ3n) is 3.31. The van der Waals surface area contributed by atoms with E-state index in [9.17, 15) is 5.26 Å². The van der Waals surface area contributed by atoms with Crippen LogP contribution in [0, 0.1) is 18.3 Å². The van der Waals surface area contributed by atoms with Crippen molar-refractivity contribution in [1.29, 1.82) is 5.26 Å². The molecule has 0 bridgehead atoms. The highest BCUT2D eigenvalue weighted by atomic mass is 32.1. The van der Waals surface area contributed by atoms with Crippen LogP contribution in [0.2, 0.25) is 0 Å². The van der Waals surface area contributed by atoms with Crippen molar-refractivity contribution in [3.8, 4) is 6.07 Å². The summed E-state index contributed by atoms with van der Waals surface area (Å²) in [6, 6.07) is 2.71. The summed E-state index contributed by atoms with van der Waals surface area (Å²) >= 11 is 1.55. The lowest BCUT2D eigenvalue weighted by atomic mass is 10.1. The Morgan fingerprint density at radius 2 is 2.17 bits per heavy atom. The Morgan fingerprint density at radius 1 is 1.44 bits per heavy atom. The van der Waals surface area contributed by atoms with E-state index in [1.54, 1.807) is 11.3 Å². The molecule has 1 aromatic rings. The molecule has 1 aromatic heterocycles. The molecule has 0 N–H and O–H groups in total. The largest absolute Gasteiger partial charge is 0.292 e. The van der Waals surface area contributed by atoms with Crippen molar-refractivity contribution in [3.05, 3.63) is 16.1 Å². The summed E-state index contributed by atoms with van der Waals surface area (Å²) < 4.78 is 0. The van der Waals surface area contributed by atoms with Crippen molar-refractivity contribution >= 4 is 17.6 Å². The van der Waals surface area contributed by atoms with Crippen LogP contribution in [0.1, 0.15) is 55.1 Å². The smallest absolute Gasteiger partial charge is 0.133 e. The van der Waals surface area contributed by atoms with Gasteiger partial charge in [-0.25, -0.2) is 4.98 Å². The predicted molar refractivity (Wildman–Crippen MR) is 75.2 cm³/mol. The van der Waals surface area contributed by atoms with Gasteiger partial charge in [0.25, 0.3) is 0 Å². The van der Waals surface area contributed by atoms with E-state index >= 15 is 0 Å². The van der Waals surface area contributed by atoms with Gasteiger partial charge in [-0.3, -0.25) is 4.99 Å². The van der Waals surface area contributed by atoms with E-state index in [0.717, 1.165) is 10.7 Å². The molecule has 1 saturated carbocycles. The minimum atomic E-state index is -0.271. The summed E-state index contributed by atoms with van der Waals surface area (Å²) in [5.41, 5.74) is 0.984. The van der Waals surface area contributed by atoms with Gasteiger partial charge in [-0.1, -0.05) is 25.7 Å². The van der Waals surface area contributed by atoms with Gasteiger partial charge in [0.05, 0.1) is 6.07 Å². The summed E-state index contributed by atoms with van der Waals surface area (Å²) in [6.45, 7) is 1.96. The summed E-state index contributed by atoms with van der Waals surface area (Å²) in [5.74, 6) is -0.271. The van der Waals surface area contributed by atoms with Crippen LogP contribution in [0.3, 0.4) is 0 Å². The fraction of sp³-hybridized carbons (Fsp3) is 0.643. The molecule has 96 valence electrons. The number of aryl methyl sites for hydroxylation is 1. The second kappa shape index (κ2) is 6.65. The highest BCUT2D eigenvalue weighted by molar-refractivity contribution is 7.09. The van der Waals surface area contributed by atoms with Crippen LogP contribution in [0.4, 0.5) is 0 Å². The normalized spacial score (nSPS) is 19.6. The van der Waals surface area contributed by atoms with E-state index in [-0.39, 0.29) is 5.92 Å². The average molecular weight is 261 g/mol. The molecule has 1 aliphatic rings. The van der Waals surface area contributed by atoms with Crippen molar-refractivity contribution in [2.75, 3.05) is 0 Å². The number of aliphatic imine (C=N–C) groups is 1. The number of thiazole rings is 1. The predicted octanol–water partition coefficient (Wildman–Crippen LogP) is 3.85. The molecule has 0 unspecified atom stereocenters. The minimum absolute atomic E-state index is 0.271. The molecule has 1 fully saturated rings. The fourth-order valence-corrected chi connectivity index (χ4v) is 3.08. The van der Waals surface area contributed by atoms with E-state index in [0.29, 0.717) is 6.04 Å². The number of rotatable bonds is 3. The third kappa shape index (κ3) is 3.64. The summed E-state index contributed by atoms with van der Waals surface area (Å²) in [4.78, 5) is 8.99. The van der Waals surface area contributed by atoms with Gasteiger partial charge in [-0.05, 0) is 19.8 Å². The first-order valence-electron chi connectivity index (χ1n) is 6.64. The van der Waals surface area contributed by atoms with Gasteiger partial charge >= 0.3 is 0 Å².